The molecule has 7 nitrogen and oxygen atoms in total. The predicted molar refractivity (Wildman–Crippen MR) is 114 cm³/mol. The lowest BCUT2D eigenvalue weighted by Crippen LogP contribution is -2.39. The van der Waals surface area contributed by atoms with Crippen molar-refractivity contribution in [3.63, 3.8) is 0 Å². The van der Waals surface area contributed by atoms with Crippen molar-refractivity contribution in [2.75, 3.05) is 34.4 Å². The van der Waals surface area contributed by atoms with E-state index in [9.17, 15) is 9.59 Å². The van der Waals surface area contributed by atoms with E-state index in [1.165, 1.54) is 0 Å². The topological polar surface area (TPSA) is 77.1 Å². The molecule has 1 saturated carbocycles. The van der Waals surface area contributed by atoms with Crippen molar-refractivity contribution in [1.82, 2.24) is 10.2 Å². The second-order valence-electron chi connectivity index (χ2n) is 8.56. The van der Waals surface area contributed by atoms with Gasteiger partial charge in [-0.05, 0) is 44.4 Å². The Morgan fingerprint density at radius 2 is 1.60 bits per heavy atom. The lowest BCUT2D eigenvalue weighted by molar-refractivity contribution is -0.134. The number of nitrogens with one attached hydrogen (secondary N) is 1. The van der Waals surface area contributed by atoms with Crippen LogP contribution in [0, 0.1) is 11.8 Å². The molecule has 1 heterocycles. The molecule has 3 rings (SSSR count). The maximum atomic E-state index is 13.1. The summed E-state index contributed by atoms with van der Waals surface area (Å²) in [5.41, 5.74) is 0.912. The molecule has 0 bridgehead atoms. The van der Waals surface area contributed by atoms with Crippen LogP contribution < -0.4 is 19.5 Å². The summed E-state index contributed by atoms with van der Waals surface area (Å²) in [6, 6.07) is 3.83. The zero-order chi connectivity index (χ0) is 21.8. The second-order valence-corrected chi connectivity index (χ2v) is 8.56. The fourth-order valence-electron chi connectivity index (χ4n) is 4.73. The van der Waals surface area contributed by atoms with Crippen LogP contribution in [0.3, 0.4) is 0 Å². The number of hydrogen-bond acceptors (Lipinski definition) is 5. The van der Waals surface area contributed by atoms with Crippen LogP contribution in [-0.4, -0.2) is 57.2 Å². The molecule has 1 saturated heterocycles. The molecular weight excluding hydrogens is 384 g/mol. The fraction of sp³-hybridized carbons (Fsp3) is 0.652. The molecule has 166 valence electrons. The Kier molecular flexibility index (Phi) is 7.10. The van der Waals surface area contributed by atoms with Crippen molar-refractivity contribution in [2.45, 2.75) is 51.5 Å². The van der Waals surface area contributed by atoms with Crippen LogP contribution in [0.2, 0.25) is 0 Å². The smallest absolute Gasteiger partial charge is 0.225 e. The van der Waals surface area contributed by atoms with Crippen LogP contribution in [0.1, 0.15) is 51.0 Å². The van der Waals surface area contributed by atoms with Gasteiger partial charge in [-0.1, -0.05) is 12.8 Å². The molecule has 2 unspecified atom stereocenters. The first-order valence-electron chi connectivity index (χ1n) is 10.8. The van der Waals surface area contributed by atoms with Gasteiger partial charge in [-0.25, -0.2) is 0 Å². The number of carbonyl (C=O) groups is 2. The molecule has 1 aliphatic heterocycles. The molecule has 1 aliphatic carbocycles. The van der Waals surface area contributed by atoms with E-state index in [2.05, 4.69) is 5.32 Å². The van der Waals surface area contributed by atoms with E-state index in [0.29, 0.717) is 30.3 Å². The Balaban J connectivity index is 1.94. The van der Waals surface area contributed by atoms with Gasteiger partial charge in [0.2, 0.25) is 17.6 Å². The van der Waals surface area contributed by atoms with Gasteiger partial charge in [0.15, 0.2) is 11.5 Å². The average molecular weight is 419 g/mol. The summed E-state index contributed by atoms with van der Waals surface area (Å²) in [7, 11) is 4.72. The lowest BCUT2D eigenvalue weighted by atomic mass is 9.87. The van der Waals surface area contributed by atoms with Crippen LogP contribution in [0.4, 0.5) is 0 Å². The number of hydrogen-bond donors (Lipinski definition) is 1. The first-order chi connectivity index (χ1) is 14.4. The van der Waals surface area contributed by atoms with Gasteiger partial charge in [0.25, 0.3) is 0 Å². The summed E-state index contributed by atoms with van der Waals surface area (Å²) in [6.45, 7) is 4.85. The molecule has 0 radical (unpaired) electrons. The number of amides is 2. The van der Waals surface area contributed by atoms with E-state index < -0.39 is 0 Å². The van der Waals surface area contributed by atoms with Crippen LogP contribution in [0.15, 0.2) is 12.1 Å². The molecular formula is C23H34N2O5. The fourth-order valence-corrected chi connectivity index (χ4v) is 4.73. The zero-order valence-electron chi connectivity index (χ0n) is 18.7. The van der Waals surface area contributed by atoms with Gasteiger partial charge in [0.05, 0.1) is 27.2 Å². The number of ether oxygens (including phenoxy) is 3. The van der Waals surface area contributed by atoms with Gasteiger partial charge in [-0.3, -0.25) is 9.59 Å². The number of methoxy groups -OCH3 is 3. The highest BCUT2D eigenvalue weighted by Gasteiger charge is 2.42. The van der Waals surface area contributed by atoms with E-state index in [0.717, 1.165) is 31.2 Å². The normalized spacial score (nSPS) is 21.7. The Morgan fingerprint density at radius 1 is 1.00 bits per heavy atom. The zero-order valence-corrected chi connectivity index (χ0v) is 18.7. The van der Waals surface area contributed by atoms with E-state index in [-0.39, 0.29) is 35.6 Å². The first-order valence-corrected chi connectivity index (χ1v) is 10.8. The van der Waals surface area contributed by atoms with Gasteiger partial charge in [0.1, 0.15) is 0 Å². The molecule has 0 aromatic heterocycles. The summed E-state index contributed by atoms with van der Waals surface area (Å²) >= 11 is 0. The third-order valence-electron chi connectivity index (χ3n) is 6.22. The van der Waals surface area contributed by atoms with Crippen LogP contribution in [0.5, 0.6) is 17.2 Å². The molecule has 0 spiro atoms. The summed E-state index contributed by atoms with van der Waals surface area (Å²) in [4.78, 5) is 28.0. The van der Waals surface area contributed by atoms with Crippen molar-refractivity contribution in [3.05, 3.63) is 17.7 Å². The minimum atomic E-state index is -0.319. The minimum absolute atomic E-state index is 0.0227. The van der Waals surface area contributed by atoms with Crippen LogP contribution in [-0.2, 0) is 9.59 Å². The maximum absolute atomic E-state index is 13.1. The molecule has 2 atom stereocenters. The quantitative estimate of drug-likeness (QED) is 0.737. The number of benzene rings is 1. The maximum Gasteiger partial charge on any atom is 0.225 e. The van der Waals surface area contributed by atoms with E-state index >= 15 is 0 Å². The Morgan fingerprint density at radius 3 is 2.10 bits per heavy atom. The number of carbonyl (C=O) groups excluding carboxylic acids is 2. The number of nitrogens with zero attached hydrogens (tertiary/aromatic N) is 1. The van der Waals surface area contributed by atoms with E-state index in [1.807, 2.05) is 30.9 Å². The molecule has 1 N–H and O–H groups in total. The van der Waals surface area contributed by atoms with Gasteiger partial charge >= 0.3 is 0 Å². The average Bonchev–Trinajstić information content (AvgIpc) is 3.41. The lowest BCUT2D eigenvalue weighted by Gasteiger charge is -2.22. The van der Waals surface area contributed by atoms with Gasteiger partial charge < -0.3 is 24.4 Å². The number of rotatable bonds is 7. The van der Waals surface area contributed by atoms with Gasteiger partial charge in [-0.15, -0.1) is 0 Å². The van der Waals surface area contributed by atoms with Crippen molar-refractivity contribution >= 4 is 11.8 Å². The summed E-state index contributed by atoms with van der Waals surface area (Å²) < 4.78 is 16.5. The molecule has 2 amide bonds. The third-order valence-corrected chi connectivity index (χ3v) is 6.22. The highest BCUT2D eigenvalue weighted by Crippen LogP contribution is 2.43. The highest BCUT2D eigenvalue weighted by molar-refractivity contribution is 5.84. The van der Waals surface area contributed by atoms with E-state index in [4.69, 9.17) is 14.2 Å². The highest BCUT2D eigenvalue weighted by atomic mass is 16.5. The second kappa shape index (κ2) is 9.58. The standard InChI is InChI=1S/C23H34N2O5/c1-14(2)24-22(26)18-13-25(23(27)15-8-6-7-9-15)12-17(18)16-10-19(28-3)21(30-5)20(11-16)29-4/h10-11,14-15,17-18H,6-9,12-13H2,1-5H3,(H,24,26). The molecule has 1 aromatic carbocycles. The van der Waals surface area contributed by atoms with Gasteiger partial charge in [0, 0.05) is 31.0 Å². The monoisotopic (exact) mass is 418 g/mol. The summed E-state index contributed by atoms with van der Waals surface area (Å²) in [5.74, 6) is 1.42. The number of likely N-dealkylation sites (tertiary alicyclic amines) is 1. The Hall–Kier alpha value is -2.44. The molecule has 7 heteroatoms. The van der Waals surface area contributed by atoms with Crippen LogP contribution >= 0.6 is 0 Å². The molecule has 30 heavy (non-hydrogen) atoms. The van der Waals surface area contributed by atoms with Crippen LogP contribution in [0.25, 0.3) is 0 Å². The Labute approximate surface area is 179 Å². The van der Waals surface area contributed by atoms with Gasteiger partial charge in [-0.2, -0.15) is 0 Å². The first kappa shape index (κ1) is 22.2. The van der Waals surface area contributed by atoms with E-state index in [1.54, 1.807) is 21.3 Å². The Bertz CT molecular complexity index is 748. The largest absolute Gasteiger partial charge is 0.493 e. The van der Waals surface area contributed by atoms with Crippen molar-refractivity contribution in [2.24, 2.45) is 11.8 Å². The molecule has 2 aliphatic rings. The van der Waals surface area contributed by atoms with Crippen molar-refractivity contribution in [1.29, 1.82) is 0 Å². The SMILES string of the molecule is COc1cc(C2CN(C(=O)C3CCCC3)CC2C(=O)NC(C)C)cc(OC)c1OC. The summed E-state index contributed by atoms with van der Waals surface area (Å²) in [5, 5.41) is 3.03. The molecule has 1 aromatic rings. The summed E-state index contributed by atoms with van der Waals surface area (Å²) in [6.07, 6.45) is 4.12. The van der Waals surface area contributed by atoms with Crippen molar-refractivity contribution < 1.29 is 23.8 Å². The minimum Gasteiger partial charge on any atom is -0.493 e. The van der Waals surface area contributed by atoms with Crippen molar-refractivity contribution in [3.8, 4) is 17.2 Å². The predicted octanol–water partition coefficient (Wildman–Crippen LogP) is 2.97. The third kappa shape index (κ3) is 4.50. The molecule has 2 fully saturated rings.